The van der Waals surface area contributed by atoms with Crippen LogP contribution in [-0.4, -0.2) is 28.5 Å². The Bertz CT molecular complexity index is 741. The van der Waals surface area contributed by atoms with E-state index < -0.39 is 0 Å². The van der Waals surface area contributed by atoms with Crippen molar-refractivity contribution in [1.82, 2.24) is 9.47 Å². The summed E-state index contributed by atoms with van der Waals surface area (Å²) in [5.41, 5.74) is 1.20. The van der Waals surface area contributed by atoms with Gasteiger partial charge in [0, 0.05) is 31.0 Å². The summed E-state index contributed by atoms with van der Waals surface area (Å²) in [6.07, 6.45) is 2.82. The molecule has 2 aromatic rings. The second kappa shape index (κ2) is 6.41. The molecule has 1 aromatic carbocycles. The topological polar surface area (TPSA) is 42.3 Å². The van der Waals surface area contributed by atoms with Crippen LogP contribution in [-0.2, 0) is 0 Å². The summed E-state index contributed by atoms with van der Waals surface area (Å²) in [6.45, 7) is 5.93. The minimum atomic E-state index is -0.131. The third kappa shape index (κ3) is 3.36. The summed E-state index contributed by atoms with van der Waals surface area (Å²) in [4.78, 5) is 26.8. The van der Waals surface area contributed by atoms with Crippen LogP contribution in [0.15, 0.2) is 53.5 Å². The van der Waals surface area contributed by atoms with E-state index in [1.54, 1.807) is 12.3 Å². The Morgan fingerprint density at radius 2 is 1.65 bits per heavy atom. The molecule has 0 bridgehead atoms. The number of likely N-dealkylation sites (tertiary alicyclic amines) is 1. The van der Waals surface area contributed by atoms with Crippen LogP contribution in [0.4, 0.5) is 0 Å². The molecule has 2 atom stereocenters. The fourth-order valence-corrected chi connectivity index (χ4v) is 3.42. The molecule has 0 spiro atoms. The van der Waals surface area contributed by atoms with Crippen molar-refractivity contribution in [2.75, 3.05) is 13.1 Å². The minimum absolute atomic E-state index is 0.00748. The predicted molar refractivity (Wildman–Crippen MR) is 90.9 cm³/mol. The van der Waals surface area contributed by atoms with E-state index in [1.807, 2.05) is 35.2 Å². The summed E-state index contributed by atoms with van der Waals surface area (Å²) < 4.78 is 1.53. The van der Waals surface area contributed by atoms with Gasteiger partial charge >= 0.3 is 0 Å². The number of benzene rings is 1. The first-order valence-electron chi connectivity index (χ1n) is 8.12. The van der Waals surface area contributed by atoms with E-state index in [0.717, 1.165) is 25.2 Å². The van der Waals surface area contributed by atoms with E-state index in [9.17, 15) is 9.59 Å². The Hall–Kier alpha value is -2.36. The van der Waals surface area contributed by atoms with Crippen LogP contribution in [0.25, 0.3) is 5.69 Å². The van der Waals surface area contributed by atoms with Gasteiger partial charge in [0.05, 0.1) is 5.56 Å². The first-order chi connectivity index (χ1) is 11.0. The number of para-hydroxylation sites is 1. The van der Waals surface area contributed by atoms with Gasteiger partial charge in [0.15, 0.2) is 0 Å². The van der Waals surface area contributed by atoms with Crippen molar-refractivity contribution in [1.29, 1.82) is 0 Å². The summed E-state index contributed by atoms with van der Waals surface area (Å²) in [7, 11) is 0. The molecule has 0 radical (unpaired) electrons. The first kappa shape index (κ1) is 15.5. The Balaban J connectivity index is 1.92. The summed E-state index contributed by atoms with van der Waals surface area (Å²) >= 11 is 0. The number of piperidine rings is 1. The van der Waals surface area contributed by atoms with Crippen LogP contribution in [0.1, 0.15) is 30.6 Å². The van der Waals surface area contributed by atoms with Gasteiger partial charge in [-0.25, -0.2) is 0 Å². The molecule has 0 saturated carbocycles. The highest BCUT2D eigenvalue weighted by atomic mass is 16.2. The Kier molecular flexibility index (Phi) is 4.33. The molecule has 1 saturated heterocycles. The molecule has 4 nitrogen and oxygen atoms in total. The largest absolute Gasteiger partial charge is 0.338 e. The SMILES string of the molecule is C[C@@H]1C[C@H](C)CN(C(=O)c2ccc(=O)n(-c3ccccc3)c2)C1. The molecule has 1 aliphatic rings. The molecule has 0 aliphatic carbocycles. The normalized spacial score (nSPS) is 21.2. The Morgan fingerprint density at radius 1 is 1.00 bits per heavy atom. The zero-order valence-electron chi connectivity index (χ0n) is 13.6. The quantitative estimate of drug-likeness (QED) is 0.856. The van der Waals surface area contributed by atoms with Crippen LogP contribution in [0, 0.1) is 11.8 Å². The van der Waals surface area contributed by atoms with Gasteiger partial charge in [-0.2, -0.15) is 0 Å². The molecule has 1 aromatic heterocycles. The summed E-state index contributed by atoms with van der Waals surface area (Å²) in [5, 5.41) is 0. The lowest BCUT2D eigenvalue weighted by Gasteiger charge is -2.35. The number of aromatic nitrogens is 1. The number of amides is 1. The number of nitrogens with zero attached hydrogens (tertiary/aromatic N) is 2. The fourth-order valence-electron chi connectivity index (χ4n) is 3.42. The molecular formula is C19H22N2O2. The van der Waals surface area contributed by atoms with Crippen molar-refractivity contribution >= 4 is 5.91 Å². The molecular weight excluding hydrogens is 288 g/mol. The minimum Gasteiger partial charge on any atom is -0.338 e. The maximum Gasteiger partial charge on any atom is 0.255 e. The maximum atomic E-state index is 12.8. The Labute approximate surface area is 136 Å². The van der Waals surface area contributed by atoms with Crippen LogP contribution in [0.3, 0.4) is 0 Å². The summed E-state index contributed by atoms with van der Waals surface area (Å²) in [6, 6.07) is 12.5. The van der Waals surface area contributed by atoms with Gasteiger partial charge in [0.1, 0.15) is 0 Å². The third-order valence-electron chi connectivity index (χ3n) is 4.35. The van der Waals surface area contributed by atoms with E-state index in [4.69, 9.17) is 0 Å². The highest BCUT2D eigenvalue weighted by Gasteiger charge is 2.26. The lowest BCUT2D eigenvalue weighted by Crippen LogP contribution is -2.42. The van der Waals surface area contributed by atoms with E-state index in [2.05, 4.69) is 13.8 Å². The maximum absolute atomic E-state index is 12.8. The first-order valence-corrected chi connectivity index (χ1v) is 8.12. The second-order valence-electron chi connectivity index (χ2n) is 6.62. The molecule has 23 heavy (non-hydrogen) atoms. The van der Waals surface area contributed by atoms with Gasteiger partial charge in [-0.15, -0.1) is 0 Å². The monoisotopic (exact) mass is 310 g/mol. The van der Waals surface area contributed by atoms with Crippen LogP contribution < -0.4 is 5.56 Å². The van der Waals surface area contributed by atoms with Gasteiger partial charge in [0.25, 0.3) is 11.5 Å². The molecule has 1 aliphatic heterocycles. The molecule has 4 heteroatoms. The molecule has 120 valence electrons. The molecule has 1 fully saturated rings. The van der Waals surface area contributed by atoms with E-state index >= 15 is 0 Å². The van der Waals surface area contributed by atoms with Gasteiger partial charge in [0.2, 0.25) is 0 Å². The molecule has 2 heterocycles. The lowest BCUT2D eigenvalue weighted by molar-refractivity contribution is 0.0622. The van der Waals surface area contributed by atoms with Gasteiger partial charge in [-0.3, -0.25) is 14.2 Å². The number of hydrogen-bond donors (Lipinski definition) is 0. The number of carbonyl (C=O) groups excluding carboxylic acids is 1. The second-order valence-corrected chi connectivity index (χ2v) is 6.62. The van der Waals surface area contributed by atoms with Gasteiger partial charge in [-0.05, 0) is 36.5 Å². The standard InChI is InChI=1S/C19H22N2O2/c1-14-10-15(2)12-20(11-14)19(23)16-8-9-18(22)21(13-16)17-6-4-3-5-7-17/h3-9,13-15H,10-12H2,1-2H3/t14-,15+. The number of carbonyl (C=O) groups is 1. The predicted octanol–water partition coefficient (Wildman–Crippen LogP) is 2.96. The van der Waals surface area contributed by atoms with Crippen molar-refractivity contribution in [3.8, 4) is 5.69 Å². The zero-order chi connectivity index (χ0) is 16.4. The fraction of sp³-hybridized carbons (Fsp3) is 0.368. The summed E-state index contributed by atoms with van der Waals surface area (Å²) in [5.74, 6) is 1.04. The molecule has 0 N–H and O–H groups in total. The number of rotatable bonds is 2. The third-order valence-corrected chi connectivity index (χ3v) is 4.35. The average Bonchev–Trinajstić information content (AvgIpc) is 2.54. The lowest BCUT2D eigenvalue weighted by atomic mass is 9.91. The highest BCUT2D eigenvalue weighted by Crippen LogP contribution is 2.22. The van der Waals surface area contributed by atoms with Crippen molar-refractivity contribution in [3.05, 3.63) is 64.6 Å². The average molecular weight is 310 g/mol. The van der Waals surface area contributed by atoms with Crippen molar-refractivity contribution in [2.24, 2.45) is 11.8 Å². The number of pyridine rings is 1. The number of hydrogen-bond acceptors (Lipinski definition) is 2. The van der Waals surface area contributed by atoms with E-state index in [1.165, 1.54) is 10.6 Å². The van der Waals surface area contributed by atoms with Crippen LogP contribution >= 0.6 is 0 Å². The van der Waals surface area contributed by atoms with Crippen molar-refractivity contribution < 1.29 is 4.79 Å². The van der Waals surface area contributed by atoms with Crippen molar-refractivity contribution in [3.63, 3.8) is 0 Å². The van der Waals surface area contributed by atoms with Gasteiger partial charge < -0.3 is 4.90 Å². The van der Waals surface area contributed by atoms with Crippen LogP contribution in [0.5, 0.6) is 0 Å². The zero-order valence-corrected chi connectivity index (χ0v) is 13.6. The smallest absolute Gasteiger partial charge is 0.255 e. The van der Waals surface area contributed by atoms with Crippen molar-refractivity contribution in [2.45, 2.75) is 20.3 Å². The molecule has 3 rings (SSSR count). The van der Waals surface area contributed by atoms with Crippen LogP contribution in [0.2, 0.25) is 0 Å². The molecule has 1 amide bonds. The van der Waals surface area contributed by atoms with Gasteiger partial charge in [-0.1, -0.05) is 32.0 Å². The molecule has 0 unspecified atom stereocenters. The Morgan fingerprint density at radius 3 is 2.30 bits per heavy atom. The van der Waals surface area contributed by atoms with E-state index in [0.29, 0.717) is 17.4 Å². The highest BCUT2D eigenvalue weighted by molar-refractivity contribution is 5.94. The van der Waals surface area contributed by atoms with E-state index in [-0.39, 0.29) is 11.5 Å².